The van der Waals surface area contributed by atoms with Crippen LogP contribution in [0.15, 0.2) is 80.4 Å². The zero-order valence-corrected chi connectivity index (χ0v) is 19.5. The average Bonchev–Trinajstić information content (AvgIpc) is 3.46. The Hall–Kier alpha value is -3.98. The van der Waals surface area contributed by atoms with Gasteiger partial charge in [-0.3, -0.25) is 9.69 Å². The van der Waals surface area contributed by atoms with Crippen LogP contribution in [0.3, 0.4) is 0 Å². The SMILES string of the molecule is CCOc1cc(/C=C2\S/C(=N\N=C\c3ccccc3OC)N(Cc3ccco3)C2=O)ccc1O. The number of amidine groups is 1. The van der Waals surface area contributed by atoms with Crippen LogP contribution in [0.2, 0.25) is 0 Å². The Labute approximate surface area is 201 Å². The fourth-order valence-corrected chi connectivity index (χ4v) is 4.17. The number of ether oxygens (including phenoxy) is 2. The lowest BCUT2D eigenvalue weighted by molar-refractivity contribution is -0.122. The minimum absolute atomic E-state index is 0.0433. The second kappa shape index (κ2) is 10.8. The molecule has 174 valence electrons. The first-order valence-electron chi connectivity index (χ1n) is 10.5. The van der Waals surface area contributed by atoms with Crippen molar-refractivity contribution in [3.63, 3.8) is 0 Å². The van der Waals surface area contributed by atoms with Crippen LogP contribution in [0, 0.1) is 0 Å². The number of amides is 1. The summed E-state index contributed by atoms with van der Waals surface area (Å²) in [6.07, 6.45) is 4.87. The summed E-state index contributed by atoms with van der Waals surface area (Å²) in [5.41, 5.74) is 1.48. The van der Waals surface area contributed by atoms with E-state index < -0.39 is 0 Å². The van der Waals surface area contributed by atoms with Gasteiger partial charge in [-0.05, 0) is 66.7 Å². The molecule has 3 aromatic rings. The number of phenolic OH excluding ortho intramolecular Hbond substituents is 1. The monoisotopic (exact) mass is 477 g/mol. The Kier molecular flexibility index (Phi) is 7.34. The lowest BCUT2D eigenvalue weighted by Crippen LogP contribution is -2.28. The van der Waals surface area contributed by atoms with E-state index in [2.05, 4.69) is 10.2 Å². The smallest absolute Gasteiger partial charge is 0.267 e. The second-order valence-corrected chi connectivity index (χ2v) is 8.12. The quantitative estimate of drug-likeness (QED) is 0.282. The van der Waals surface area contributed by atoms with Crippen molar-refractivity contribution in [1.82, 2.24) is 4.90 Å². The molecule has 0 bridgehead atoms. The van der Waals surface area contributed by atoms with Gasteiger partial charge in [-0.2, -0.15) is 5.10 Å². The van der Waals surface area contributed by atoms with E-state index in [0.717, 1.165) is 5.56 Å². The van der Waals surface area contributed by atoms with Gasteiger partial charge >= 0.3 is 0 Å². The van der Waals surface area contributed by atoms with Gasteiger partial charge in [0.15, 0.2) is 16.7 Å². The van der Waals surface area contributed by atoms with Gasteiger partial charge in [-0.25, -0.2) is 0 Å². The van der Waals surface area contributed by atoms with Gasteiger partial charge in [0.2, 0.25) is 0 Å². The number of carbonyl (C=O) groups is 1. The standard InChI is InChI=1S/C25H23N3O5S/c1-3-32-22-13-17(10-11-20(22)29)14-23-24(30)28(16-19-8-6-12-33-19)25(34-23)27-26-15-18-7-4-5-9-21(18)31-2/h4-15,29H,3,16H2,1-2H3/b23-14-,26-15+,27-25-. The Morgan fingerprint density at radius 2 is 2.00 bits per heavy atom. The van der Waals surface area contributed by atoms with E-state index in [-0.39, 0.29) is 18.2 Å². The molecule has 34 heavy (non-hydrogen) atoms. The molecule has 9 heteroatoms. The van der Waals surface area contributed by atoms with Crippen LogP contribution in [0.5, 0.6) is 17.2 Å². The van der Waals surface area contributed by atoms with Crippen molar-refractivity contribution in [1.29, 1.82) is 0 Å². The van der Waals surface area contributed by atoms with E-state index in [0.29, 0.717) is 39.5 Å². The summed E-state index contributed by atoms with van der Waals surface area (Å²) >= 11 is 1.21. The second-order valence-electron chi connectivity index (χ2n) is 7.11. The summed E-state index contributed by atoms with van der Waals surface area (Å²) in [6, 6.07) is 15.9. The highest BCUT2D eigenvalue weighted by Crippen LogP contribution is 2.35. The van der Waals surface area contributed by atoms with Gasteiger partial charge in [0, 0.05) is 5.56 Å². The van der Waals surface area contributed by atoms with Gasteiger partial charge in [-0.15, -0.1) is 5.10 Å². The van der Waals surface area contributed by atoms with E-state index in [1.165, 1.54) is 22.7 Å². The Morgan fingerprint density at radius 3 is 2.76 bits per heavy atom. The molecule has 0 saturated carbocycles. The third-order valence-electron chi connectivity index (χ3n) is 4.84. The van der Waals surface area contributed by atoms with Gasteiger partial charge in [-0.1, -0.05) is 18.2 Å². The third kappa shape index (κ3) is 5.32. The Balaban J connectivity index is 1.64. The molecule has 0 unspecified atom stereocenters. The van der Waals surface area contributed by atoms with Crippen LogP contribution in [-0.4, -0.2) is 41.0 Å². The number of methoxy groups -OCH3 is 1. The summed E-state index contributed by atoms with van der Waals surface area (Å²) in [5, 5.41) is 18.9. The minimum Gasteiger partial charge on any atom is -0.504 e. The molecule has 8 nitrogen and oxygen atoms in total. The minimum atomic E-state index is -0.223. The highest BCUT2D eigenvalue weighted by molar-refractivity contribution is 8.18. The Bertz CT molecular complexity index is 1250. The van der Waals surface area contributed by atoms with E-state index >= 15 is 0 Å². The van der Waals surface area contributed by atoms with Crippen LogP contribution >= 0.6 is 11.8 Å². The number of para-hydroxylation sites is 1. The van der Waals surface area contributed by atoms with Gasteiger partial charge < -0.3 is 19.0 Å². The fourth-order valence-electron chi connectivity index (χ4n) is 3.24. The summed E-state index contributed by atoms with van der Waals surface area (Å²) in [6.45, 7) is 2.47. The maximum atomic E-state index is 13.2. The highest BCUT2D eigenvalue weighted by atomic mass is 32.2. The third-order valence-corrected chi connectivity index (χ3v) is 5.84. The number of furan rings is 1. The van der Waals surface area contributed by atoms with Crippen molar-refractivity contribution < 1.29 is 23.8 Å². The first kappa shape index (κ1) is 23.2. The molecule has 1 aliphatic rings. The van der Waals surface area contributed by atoms with Gasteiger partial charge in [0.1, 0.15) is 11.5 Å². The van der Waals surface area contributed by atoms with Crippen LogP contribution in [0.25, 0.3) is 6.08 Å². The summed E-state index contributed by atoms with van der Waals surface area (Å²) in [4.78, 5) is 15.2. The zero-order chi connectivity index (χ0) is 23.9. The molecule has 1 N–H and O–H groups in total. The van der Waals surface area contributed by atoms with Crippen molar-refractivity contribution in [3.8, 4) is 17.2 Å². The van der Waals surface area contributed by atoms with Crippen molar-refractivity contribution in [2.45, 2.75) is 13.5 Å². The number of carbonyl (C=O) groups excluding carboxylic acids is 1. The molecule has 2 aromatic carbocycles. The molecule has 0 radical (unpaired) electrons. The molecule has 1 amide bonds. The van der Waals surface area contributed by atoms with Gasteiger partial charge in [0.25, 0.3) is 5.91 Å². The number of thioether (sulfide) groups is 1. The number of hydrogen-bond acceptors (Lipinski definition) is 8. The van der Waals surface area contributed by atoms with Gasteiger partial charge in [0.05, 0.1) is 37.6 Å². The molecule has 1 aromatic heterocycles. The van der Waals surface area contributed by atoms with E-state index in [1.54, 1.807) is 49.9 Å². The first-order chi connectivity index (χ1) is 16.6. The van der Waals surface area contributed by atoms with Crippen LogP contribution in [0.1, 0.15) is 23.8 Å². The largest absolute Gasteiger partial charge is 0.504 e. The molecule has 2 heterocycles. The van der Waals surface area contributed by atoms with E-state index in [9.17, 15) is 9.90 Å². The fraction of sp³-hybridized carbons (Fsp3) is 0.160. The molecule has 0 atom stereocenters. The number of hydrogen-bond donors (Lipinski definition) is 1. The normalized spacial score (nSPS) is 16.2. The van der Waals surface area contributed by atoms with Crippen molar-refractivity contribution in [3.05, 3.63) is 82.7 Å². The Morgan fingerprint density at radius 1 is 1.15 bits per heavy atom. The molecule has 1 aliphatic heterocycles. The topological polar surface area (TPSA) is 96.9 Å². The molecule has 0 aliphatic carbocycles. The van der Waals surface area contributed by atoms with Crippen LogP contribution in [-0.2, 0) is 11.3 Å². The van der Waals surface area contributed by atoms with Crippen molar-refractivity contribution in [2.75, 3.05) is 13.7 Å². The molecular formula is C25H23N3O5S. The number of nitrogens with zero attached hydrogens (tertiary/aromatic N) is 3. The summed E-state index contributed by atoms with van der Waals surface area (Å²) < 4.78 is 16.2. The lowest BCUT2D eigenvalue weighted by Gasteiger charge is -2.12. The number of rotatable bonds is 8. The number of phenols is 1. The predicted octanol–water partition coefficient (Wildman–Crippen LogP) is 4.90. The van der Waals surface area contributed by atoms with Crippen LogP contribution in [0.4, 0.5) is 0 Å². The predicted molar refractivity (Wildman–Crippen MR) is 132 cm³/mol. The molecule has 0 spiro atoms. The lowest BCUT2D eigenvalue weighted by atomic mass is 10.2. The van der Waals surface area contributed by atoms with E-state index in [4.69, 9.17) is 13.9 Å². The molecule has 1 saturated heterocycles. The molecule has 1 fully saturated rings. The maximum absolute atomic E-state index is 13.2. The highest BCUT2D eigenvalue weighted by Gasteiger charge is 2.34. The van der Waals surface area contributed by atoms with E-state index in [1.807, 2.05) is 31.2 Å². The molecule has 4 rings (SSSR count). The van der Waals surface area contributed by atoms with Crippen LogP contribution < -0.4 is 9.47 Å². The molecular weight excluding hydrogens is 454 g/mol. The van der Waals surface area contributed by atoms with Crippen molar-refractivity contribution >= 4 is 35.1 Å². The zero-order valence-electron chi connectivity index (χ0n) is 18.7. The maximum Gasteiger partial charge on any atom is 0.267 e. The number of aromatic hydroxyl groups is 1. The van der Waals surface area contributed by atoms with Crippen molar-refractivity contribution in [2.24, 2.45) is 10.2 Å². The summed E-state index contributed by atoms with van der Waals surface area (Å²) in [5.74, 6) is 1.47. The first-order valence-corrected chi connectivity index (χ1v) is 11.3. The average molecular weight is 478 g/mol. The number of benzene rings is 2. The summed E-state index contributed by atoms with van der Waals surface area (Å²) in [7, 11) is 1.59.